The zero-order valence-electron chi connectivity index (χ0n) is 24.0. The first kappa shape index (κ1) is 29.2. The molecule has 0 radical (unpaired) electrons. The van der Waals surface area contributed by atoms with Crippen molar-refractivity contribution in [1.82, 2.24) is 19.8 Å². The lowest BCUT2D eigenvalue weighted by Gasteiger charge is -2.36. The second-order valence-corrected chi connectivity index (χ2v) is 11.4. The van der Waals surface area contributed by atoms with Crippen molar-refractivity contribution in [2.75, 3.05) is 19.6 Å². The maximum Gasteiger partial charge on any atom is 0.229 e. The number of nitrogens with zero attached hydrogens (tertiary/aromatic N) is 3. The molecule has 1 amide bonds. The number of aromatic nitrogens is 2. The number of fused-ring (bicyclic) bond motifs is 1. The minimum absolute atomic E-state index is 0.155. The molecule has 6 nitrogen and oxygen atoms in total. The highest BCUT2D eigenvalue weighted by atomic mass is 35.5. The van der Waals surface area contributed by atoms with Crippen LogP contribution < -0.4 is 10.1 Å². The highest BCUT2D eigenvalue weighted by molar-refractivity contribution is 6.19. The number of ether oxygens (including phenoxy) is 1. The Bertz CT molecular complexity index is 1390. The minimum atomic E-state index is -0.688. The van der Waals surface area contributed by atoms with E-state index in [1.807, 2.05) is 48.5 Å². The monoisotopic (exact) mass is 572 g/mol. The Kier molecular flexibility index (Phi) is 10.3. The number of hydrogen-bond acceptors (Lipinski definition) is 4. The molecule has 2 atom stereocenters. The maximum atomic E-state index is 12.6. The molecule has 1 N–H and O–H groups in total. The fourth-order valence-corrected chi connectivity index (χ4v) is 6.14. The van der Waals surface area contributed by atoms with E-state index in [-0.39, 0.29) is 5.91 Å². The van der Waals surface area contributed by atoms with Crippen LogP contribution in [0.25, 0.3) is 11.0 Å². The summed E-state index contributed by atoms with van der Waals surface area (Å²) in [5.41, 5.74) is 3.75. The SMILES string of the molecule is Cc1cccc2c1nc(C(Cl)Oc1ccccc1)n2CCCN1CCCCC1CCC(=O)NCCc1ccccc1. The number of imidazole rings is 1. The average molecular weight is 573 g/mol. The summed E-state index contributed by atoms with van der Waals surface area (Å²) < 4.78 is 8.29. The molecule has 0 aliphatic carbocycles. The summed E-state index contributed by atoms with van der Waals surface area (Å²) in [6.45, 7) is 5.65. The summed E-state index contributed by atoms with van der Waals surface area (Å²) in [5.74, 6) is 1.62. The molecule has 7 heteroatoms. The van der Waals surface area contributed by atoms with E-state index >= 15 is 0 Å². The summed E-state index contributed by atoms with van der Waals surface area (Å²) in [7, 11) is 0. The maximum absolute atomic E-state index is 12.6. The summed E-state index contributed by atoms with van der Waals surface area (Å²) in [6.07, 6.45) is 6.93. The number of rotatable bonds is 13. The van der Waals surface area contributed by atoms with E-state index in [0.29, 0.717) is 19.0 Å². The molecule has 41 heavy (non-hydrogen) atoms. The van der Waals surface area contributed by atoms with Gasteiger partial charge >= 0.3 is 0 Å². The van der Waals surface area contributed by atoms with Crippen LogP contribution in [0.3, 0.4) is 0 Å². The van der Waals surface area contributed by atoms with E-state index in [4.69, 9.17) is 21.3 Å². The van der Waals surface area contributed by atoms with Crippen molar-refractivity contribution in [3.8, 4) is 5.75 Å². The van der Waals surface area contributed by atoms with Crippen molar-refractivity contribution < 1.29 is 9.53 Å². The van der Waals surface area contributed by atoms with Crippen molar-refractivity contribution in [3.05, 3.63) is 95.8 Å². The van der Waals surface area contributed by atoms with Crippen molar-refractivity contribution >= 4 is 28.5 Å². The van der Waals surface area contributed by atoms with E-state index < -0.39 is 5.56 Å². The number of piperidine rings is 1. The molecule has 3 aromatic carbocycles. The number of halogens is 1. The van der Waals surface area contributed by atoms with Crippen molar-refractivity contribution in [1.29, 1.82) is 0 Å². The number of hydrogen-bond donors (Lipinski definition) is 1. The molecule has 2 unspecified atom stereocenters. The van der Waals surface area contributed by atoms with Crippen molar-refractivity contribution in [2.45, 2.75) is 70.0 Å². The van der Waals surface area contributed by atoms with E-state index in [0.717, 1.165) is 73.5 Å². The Morgan fingerprint density at radius 3 is 2.61 bits per heavy atom. The number of aryl methyl sites for hydroxylation is 2. The van der Waals surface area contributed by atoms with E-state index in [1.54, 1.807) is 0 Å². The lowest BCUT2D eigenvalue weighted by atomic mass is 9.97. The molecule has 1 aromatic heterocycles. The quantitative estimate of drug-likeness (QED) is 0.174. The molecule has 1 aliphatic heterocycles. The van der Waals surface area contributed by atoms with Gasteiger partial charge in [0, 0.05) is 32.1 Å². The van der Waals surface area contributed by atoms with Gasteiger partial charge in [0.05, 0.1) is 11.0 Å². The highest BCUT2D eigenvalue weighted by Crippen LogP contribution is 2.30. The molecule has 0 bridgehead atoms. The molecule has 1 saturated heterocycles. The van der Waals surface area contributed by atoms with Crippen molar-refractivity contribution in [2.24, 2.45) is 0 Å². The van der Waals surface area contributed by atoms with Gasteiger partial charge < -0.3 is 19.5 Å². The Balaban J connectivity index is 1.17. The average Bonchev–Trinajstić information content (AvgIpc) is 3.38. The topological polar surface area (TPSA) is 59.4 Å². The van der Waals surface area contributed by atoms with Gasteiger partial charge in [-0.2, -0.15) is 0 Å². The summed E-state index contributed by atoms with van der Waals surface area (Å²) in [4.78, 5) is 20.1. The van der Waals surface area contributed by atoms with E-state index in [9.17, 15) is 4.79 Å². The molecule has 5 rings (SSSR count). The number of nitrogens with one attached hydrogen (secondary N) is 1. The molecule has 1 fully saturated rings. The number of amides is 1. The van der Waals surface area contributed by atoms with Crippen LogP contribution >= 0.6 is 11.6 Å². The predicted octanol–water partition coefficient (Wildman–Crippen LogP) is 7.04. The van der Waals surface area contributed by atoms with E-state index in [1.165, 1.54) is 18.4 Å². The lowest BCUT2D eigenvalue weighted by Crippen LogP contribution is -2.41. The van der Waals surface area contributed by atoms with Gasteiger partial charge in [-0.05, 0) is 74.9 Å². The van der Waals surface area contributed by atoms with Crippen LogP contribution in [0, 0.1) is 6.92 Å². The molecule has 4 aromatic rings. The standard InChI is InChI=1S/C34H41ClN4O2/c1-26-12-10-18-30-32(26)37-34(33(35)41-29-16-6-3-7-17-29)39(30)25-11-24-38-23-9-8-15-28(38)19-20-31(40)36-22-21-27-13-4-2-5-14-27/h2-7,10,12-14,16-18,28,33H,8-9,11,15,19-25H2,1H3,(H,36,40). The number of para-hydroxylation sites is 2. The molecule has 216 valence electrons. The number of carbonyl (C=O) groups excluding carboxylic acids is 1. The van der Waals surface area contributed by atoms with Crippen LogP contribution in [0.4, 0.5) is 0 Å². The number of alkyl halides is 1. The molecular weight excluding hydrogens is 532 g/mol. The molecular formula is C34H41ClN4O2. The lowest BCUT2D eigenvalue weighted by molar-refractivity contribution is -0.121. The zero-order chi connectivity index (χ0) is 28.4. The first-order valence-electron chi connectivity index (χ1n) is 14.9. The van der Waals surface area contributed by atoms with Crippen LogP contribution in [0.15, 0.2) is 78.9 Å². The molecule has 0 spiro atoms. The van der Waals surface area contributed by atoms with Crippen LogP contribution in [-0.4, -0.2) is 46.0 Å². The Morgan fingerprint density at radius 2 is 1.80 bits per heavy atom. The largest absolute Gasteiger partial charge is 0.467 e. The second kappa shape index (κ2) is 14.5. The summed E-state index contributed by atoms with van der Waals surface area (Å²) in [6, 6.07) is 26.7. The van der Waals surface area contributed by atoms with Gasteiger partial charge in [-0.15, -0.1) is 0 Å². The normalized spacial score (nSPS) is 16.5. The number of likely N-dealkylation sites (tertiary alicyclic amines) is 1. The molecule has 0 saturated carbocycles. The first-order chi connectivity index (χ1) is 20.1. The van der Waals surface area contributed by atoms with Gasteiger partial charge in [0.25, 0.3) is 0 Å². The fourth-order valence-electron chi connectivity index (χ4n) is 5.87. The Morgan fingerprint density at radius 1 is 1.02 bits per heavy atom. The smallest absolute Gasteiger partial charge is 0.229 e. The highest BCUT2D eigenvalue weighted by Gasteiger charge is 2.24. The molecule has 2 heterocycles. The van der Waals surface area contributed by atoms with Gasteiger partial charge in [-0.25, -0.2) is 4.98 Å². The number of carbonyl (C=O) groups is 1. The summed E-state index contributed by atoms with van der Waals surface area (Å²) >= 11 is 6.81. The van der Waals surface area contributed by atoms with Gasteiger partial charge in [0.1, 0.15) is 5.75 Å². The van der Waals surface area contributed by atoms with Gasteiger partial charge in [-0.1, -0.05) is 78.7 Å². The number of benzene rings is 3. The van der Waals surface area contributed by atoms with Gasteiger partial charge in [-0.3, -0.25) is 4.79 Å². The Hall–Kier alpha value is -3.35. The zero-order valence-corrected chi connectivity index (χ0v) is 24.7. The molecule has 1 aliphatic rings. The van der Waals surface area contributed by atoms with E-state index in [2.05, 4.69) is 52.0 Å². The third-order valence-electron chi connectivity index (χ3n) is 8.06. The third-order valence-corrected chi connectivity index (χ3v) is 8.34. The van der Waals surface area contributed by atoms with Crippen LogP contribution in [-0.2, 0) is 17.8 Å². The fraction of sp³-hybridized carbons (Fsp3) is 0.412. The predicted molar refractivity (Wildman–Crippen MR) is 166 cm³/mol. The first-order valence-corrected chi connectivity index (χ1v) is 15.4. The van der Waals surface area contributed by atoms with Crippen LogP contribution in [0.1, 0.15) is 61.0 Å². The van der Waals surface area contributed by atoms with Gasteiger partial charge in [0.2, 0.25) is 11.5 Å². The minimum Gasteiger partial charge on any atom is -0.467 e. The Labute approximate surface area is 248 Å². The van der Waals surface area contributed by atoms with Crippen LogP contribution in [0.2, 0.25) is 0 Å². The third kappa shape index (κ3) is 7.90. The van der Waals surface area contributed by atoms with Crippen LogP contribution in [0.5, 0.6) is 5.75 Å². The second-order valence-electron chi connectivity index (χ2n) is 11.0. The van der Waals surface area contributed by atoms with Crippen molar-refractivity contribution in [3.63, 3.8) is 0 Å². The summed E-state index contributed by atoms with van der Waals surface area (Å²) in [5, 5.41) is 3.11. The van der Waals surface area contributed by atoms with Gasteiger partial charge in [0.15, 0.2) is 5.82 Å².